The molecule has 0 saturated carbocycles. The zero-order valence-electron chi connectivity index (χ0n) is 10.9. The van der Waals surface area contributed by atoms with Crippen molar-refractivity contribution in [2.24, 2.45) is 0 Å². The molecule has 0 fully saturated rings. The van der Waals surface area contributed by atoms with Gasteiger partial charge in [0.1, 0.15) is 11.3 Å². The number of thioether (sulfide) groups is 1. The average molecular weight is 363 g/mol. The van der Waals surface area contributed by atoms with E-state index in [0.29, 0.717) is 5.88 Å². The quantitative estimate of drug-likeness (QED) is 0.538. The number of aryl methyl sites for hydroxylation is 1. The lowest BCUT2D eigenvalue weighted by atomic mass is 10.2. The van der Waals surface area contributed by atoms with E-state index in [-0.39, 0.29) is 0 Å². The van der Waals surface area contributed by atoms with E-state index in [1.807, 2.05) is 24.0 Å². The Labute approximate surface area is 131 Å². The van der Waals surface area contributed by atoms with Crippen molar-refractivity contribution in [1.82, 2.24) is 14.5 Å². The molecule has 104 valence electrons. The number of hydrogen-bond donors (Lipinski definition) is 0. The summed E-state index contributed by atoms with van der Waals surface area (Å²) in [6, 6.07) is 1.99. The van der Waals surface area contributed by atoms with Gasteiger partial charge in [-0.3, -0.25) is 0 Å². The first-order chi connectivity index (χ1) is 9.26. The molecule has 2 aromatic heterocycles. The molecule has 0 aliphatic rings. The highest BCUT2D eigenvalue weighted by molar-refractivity contribution is 9.10. The molecule has 3 nitrogen and oxygen atoms in total. The molecule has 0 saturated heterocycles. The van der Waals surface area contributed by atoms with Crippen LogP contribution < -0.4 is 0 Å². The van der Waals surface area contributed by atoms with Crippen LogP contribution in [0.4, 0.5) is 0 Å². The molecule has 0 aromatic carbocycles. The van der Waals surface area contributed by atoms with Gasteiger partial charge in [0.2, 0.25) is 0 Å². The maximum Gasteiger partial charge on any atom is 0.160 e. The summed E-state index contributed by atoms with van der Waals surface area (Å²) in [7, 11) is 0. The predicted molar refractivity (Wildman–Crippen MR) is 87.0 cm³/mol. The van der Waals surface area contributed by atoms with Gasteiger partial charge in [-0.25, -0.2) is 9.97 Å². The first-order valence-electron chi connectivity index (χ1n) is 6.32. The summed E-state index contributed by atoms with van der Waals surface area (Å²) in [4.78, 5) is 9.00. The minimum absolute atomic E-state index is 0.429. The van der Waals surface area contributed by atoms with Crippen LogP contribution in [-0.2, 0) is 12.4 Å². The summed E-state index contributed by atoms with van der Waals surface area (Å²) >= 11 is 11.3. The Kier molecular flexibility index (Phi) is 5.98. The van der Waals surface area contributed by atoms with Gasteiger partial charge in [-0.15, -0.1) is 11.6 Å². The Morgan fingerprint density at radius 3 is 2.95 bits per heavy atom. The van der Waals surface area contributed by atoms with Crippen LogP contribution in [0.5, 0.6) is 0 Å². The number of nitrogens with zero attached hydrogens (tertiary/aromatic N) is 3. The Morgan fingerprint density at radius 2 is 2.21 bits per heavy atom. The van der Waals surface area contributed by atoms with Crippen LogP contribution >= 0.6 is 39.3 Å². The number of alkyl halides is 1. The molecule has 0 aliphatic heterocycles. The second-order valence-corrected chi connectivity index (χ2v) is 6.53. The average Bonchev–Trinajstić information content (AvgIpc) is 2.75. The van der Waals surface area contributed by atoms with Gasteiger partial charge in [-0.05, 0) is 46.8 Å². The molecule has 0 radical (unpaired) electrons. The van der Waals surface area contributed by atoms with Gasteiger partial charge < -0.3 is 4.57 Å². The molecule has 2 aromatic rings. The molecule has 0 unspecified atom stereocenters. The number of rotatable bonds is 7. The zero-order valence-corrected chi connectivity index (χ0v) is 14.1. The molecule has 0 atom stereocenters. The van der Waals surface area contributed by atoms with Crippen molar-refractivity contribution in [3.8, 4) is 0 Å². The third-order valence-electron chi connectivity index (χ3n) is 2.98. The Morgan fingerprint density at radius 1 is 1.37 bits per heavy atom. The molecule has 6 heteroatoms. The Hall–Kier alpha value is -0.260. The largest absolute Gasteiger partial charge is 0.312 e. The highest BCUT2D eigenvalue weighted by Crippen LogP contribution is 2.20. The van der Waals surface area contributed by atoms with E-state index >= 15 is 0 Å². The lowest BCUT2D eigenvalue weighted by Crippen LogP contribution is -2.03. The van der Waals surface area contributed by atoms with Gasteiger partial charge in [-0.2, -0.15) is 11.8 Å². The van der Waals surface area contributed by atoms with Gasteiger partial charge in [-0.1, -0.05) is 6.42 Å². The molecule has 0 bridgehead atoms. The van der Waals surface area contributed by atoms with Crippen molar-refractivity contribution in [3.63, 3.8) is 0 Å². The number of halogens is 2. The van der Waals surface area contributed by atoms with Crippen LogP contribution in [0.1, 0.15) is 25.1 Å². The number of hydrogen-bond acceptors (Lipinski definition) is 3. The second kappa shape index (κ2) is 7.50. The lowest BCUT2D eigenvalue weighted by Gasteiger charge is -2.06. The Balaban J connectivity index is 2.11. The minimum atomic E-state index is 0.429. The fourth-order valence-electron chi connectivity index (χ4n) is 2.06. The van der Waals surface area contributed by atoms with Crippen molar-refractivity contribution in [2.75, 3.05) is 12.0 Å². The van der Waals surface area contributed by atoms with Gasteiger partial charge in [0.25, 0.3) is 0 Å². The lowest BCUT2D eigenvalue weighted by molar-refractivity contribution is 0.599. The highest BCUT2D eigenvalue weighted by atomic mass is 79.9. The second-order valence-electron chi connectivity index (χ2n) is 4.36. The smallest absolute Gasteiger partial charge is 0.160 e. The number of imidazole rings is 1. The zero-order chi connectivity index (χ0) is 13.7. The van der Waals surface area contributed by atoms with Crippen LogP contribution in [0, 0.1) is 0 Å². The van der Waals surface area contributed by atoms with E-state index < -0.39 is 0 Å². The van der Waals surface area contributed by atoms with Gasteiger partial charge in [0, 0.05) is 17.2 Å². The molecule has 2 rings (SSSR count). The molecule has 19 heavy (non-hydrogen) atoms. The van der Waals surface area contributed by atoms with Crippen molar-refractivity contribution < 1.29 is 0 Å². The summed E-state index contributed by atoms with van der Waals surface area (Å²) in [5, 5.41) is 0. The molecular formula is C13H17BrClN3S. The standard InChI is InChI=1S/C13H17BrClN3S/c1-19-6-4-2-3-5-18-12(8-15)17-11-7-10(14)9-16-13(11)18/h7,9H,2-6,8H2,1H3. The number of pyridine rings is 1. The number of fused-ring (bicyclic) bond motifs is 1. The molecule has 0 amide bonds. The highest BCUT2D eigenvalue weighted by Gasteiger charge is 2.11. The van der Waals surface area contributed by atoms with Crippen LogP contribution in [-0.4, -0.2) is 26.5 Å². The Bertz CT molecular complexity index is 544. The molecule has 0 aliphatic carbocycles. The van der Waals surface area contributed by atoms with Crippen LogP contribution in [0.2, 0.25) is 0 Å². The van der Waals surface area contributed by atoms with Crippen LogP contribution in [0.15, 0.2) is 16.7 Å². The summed E-state index contributed by atoms with van der Waals surface area (Å²) in [6.07, 6.45) is 7.61. The van der Waals surface area contributed by atoms with E-state index in [0.717, 1.165) is 34.4 Å². The van der Waals surface area contributed by atoms with Crippen molar-refractivity contribution in [2.45, 2.75) is 31.7 Å². The van der Waals surface area contributed by atoms with E-state index in [1.54, 1.807) is 0 Å². The number of aromatic nitrogens is 3. The summed E-state index contributed by atoms with van der Waals surface area (Å²) in [6.45, 7) is 0.946. The molecule has 0 spiro atoms. The summed E-state index contributed by atoms with van der Waals surface area (Å²) in [5.41, 5.74) is 1.85. The van der Waals surface area contributed by atoms with Crippen LogP contribution in [0.3, 0.4) is 0 Å². The SMILES string of the molecule is CSCCCCCn1c(CCl)nc2cc(Br)cnc21. The fourth-order valence-corrected chi connectivity index (χ4v) is 3.08. The van der Waals surface area contributed by atoms with Crippen molar-refractivity contribution in [3.05, 3.63) is 22.6 Å². The topological polar surface area (TPSA) is 30.7 Å². The van der Waals surface area contributed by atoms with Crippen LogP contribution in [0.25, 0.3) is 11.2 Å². The third-order valence-corrected chi connectivity index (χ3v) is 4.35. The monoisotopic (exact) mass is 361 g/mol. The van der Waals surface area contributed by atoms with Crippen molar-refractivity contribution in [1.29, 1.82) is 0 Å². The van der Waals surface area contributed by atoms with Crippen molar-refractivity contribution >= 4 is 50.5 Å². The maximum absolute atomic E-state index is 5.98. The van der Waals surface area contributed by atoms with E-state index in [1.165, 1.54) is 18.6 Å². The van der Waals surface area contributed by atoms with Gasteiger partial charge in [0.15, 0.2) is 5.65 Å². The third kappa shape index (κ3) is 3.86. The first kappa shape index (κ1) is 15.1. The summed E-state index contributed by atoms with van der Waals surface area (Å²) in [5.74, 6) is 2.57. The molecule has 2 heterocycles. The fraction of sp³-hybridized carbons (Fsp3) is 0.538. The normalized spacial score (nSPS) is 11.3. The van der Waals surface area contributed by atoms with E-state index in [4.69, 9.17) is 11.6 Å². The van der Waals surface area contributed by atoms with Gasteiger partial charge >= 0.3 is 0 Å². The minimum Gasteiger partial charge on any atom is -0.312 e. The summed E-state index contributed by atoms with van der Waals surface area (Å²) < 4.78 is 3.10. The number of unbranched alkanes of at least 4 members (excludes halogenated alkanes) is 2. The molecule has 0 N–H and O–H groups in total. The maximum atomic E-state index is 5.98. The predicted octanol–water partition coefficient (Wildman–Crippen LogP) is 4.47. The van der Waals surface area contributed by atoms with E-state index in [2.05, 4.69) is 36.7 Å². The first-order valence-corrected chi connectivity index (χ1v) is 9.04. The van der Waals surface area contributed by atoms with Gasteiger partial charge in [0.05, 0.1) is 5.88 Å². The molecular weight excluding hydrogens is 346 g/mol. The van der Waals surface area contributed by atoms with E-state index in [9.17, 15) is 0 Å².